The number of halogens is 1. The Balaban J connectivity index is 2.58. The van der Waals surface area contributed by atoms with Crippen molar-refractivity contribution in [2.75, 3.05) is 18.8 Å². The number of rotatable bonds is 8. The van der Waals surface area contributed by atoms with Gasteiger partial charge >= 0.3 is 0 Å². The van der Waals surface area contributed by atoms with Gasteiger partial charge in [0.1, 0.15) is 5.82 Å². The van der Waals surface area contributed by atoms with E-state index < -0.39 is 10.0 Å². The average molecular weight is 288 g/mol. The summed E-state index contributed by atoms with van der Waals surface area (Å²) >= 11 is 0. The molecule has 0 saturated heterocycles. The monoisotopic (exact) mass is 288 g/mol. The third kappa shape index (κ3) is 5.26. The number of benzene rings is 1. The van der Waals surface area contributed by atoms with Gasteiger partial charge in [-0.05, 0) is 12.5 Å². The normalized spacial score (nSPS) is 13.4. The molecule has 1 aromatic rings. The lowest BCUT2D eigenvalue weighted by Crippen LogP contribution is -2.33. The molecule has 6 heteroatoms. The van der Waals surface area contributed by atoms with Gasteiger partial charge in [0.15, 0.2) is 0 Å². The maximum atomic E-state index is 13.6. The van der Waals surface area contributed by atoms with E-state index in [2.05, 4.69) is 10.0 Å². The third-order valence-corrected chi connectivity index (χ3v) is 4.28. The molecule has 0 fully saturated rings. The first-order valence-corrected chi connectivity index (χ1v) is 8.10. The van der Waals surface area contributed by atoms with Crippen molar-refractivity contribution in [1.29, 1.82) is 0 Å². The smallest absolute Gasteiger partial charge is 0.212 e. The molecule has 1 unspecified atom stereocenters. The maximum Gasteiger partial charge on any atom is 0.212 e. The first-order chi connectivity index (χ1) is 9.00. The topological polar surface area (TPSA) is 58.2 Å². The molecule has 0 amide bonds. The molecule has 19 heavy (non-hydrogen) atoms. The molecule has 1 rings (SSSR count). The molecule has 1 atom stereocenters. The van der Waals surface area contributed by atoms with Crippen LogP contribution < -0.4 is 10.0 Å². The summed E-state index contributed by atoms with van der Waals surface area (Å²) in [7, 11) is -3.23. The van der Waals surface area contributed by atoms with Crippen molar-refractivity contribution in [3.8, 4) is 0 Å². The van der Waals surface area contributed by atoms with Crippen molar-refractivity contribution in [2.45, 2.75) is 26.3 Å². The van der Waals surface area contributed by atoms with Gasteiger partial charge in [-0.25, -0.2) is 17.5 Å². The molecule has 4 nitrogen and oxygen atoms in total. The summed E-state index contributed by atoms with van der Waals surface area (Å²) in [4.78, 5) is 0. The molecule has 2 N–H and O–H groups in total. The zero-order valence-corrected chi connectivity index (χ0v) is 12.1. The zero-order chi connectivity index (χ0) is 14.3. The number of hydrogen-bond acceptors (Lipinski definition) is 3. The maximum absolute atomic E-state index is 13.6. The van der Waals surface area contributed by atoms with Gasteiger partial charge in [0.25, 0.3) is 0 Å². The summed E-state index contributed by atoms with van der Waals surface area (Å²) in [5.41, 5.74) is 0.575. The van der Waals surface area contributed by atoms with E-state index in [4.69, 9.17) is 0 Å². The number of nitrogens with one attached hydrogen (secondary N) is 2. The van der Waals surface area contributed by atoms with Crippen LogP contribution in [0.2, 0.25) is 0 Å². The molecule has 0 aromatic heterocycles. The van der Waals surface area contributed by atoms with Crippen molar-refractivity contribution >= 4 is 10.0 Å². The summed E-state index contributed by atoms with van der Waals surface area (Å²) in [6, 6.07) is 6.38. The van der Waals surface area contributed by atoms with Crippen LogP contribution in [0.1, 0.15) is 31.9 Å². The van der Waals surface area contributed by atoms with E-state index in [1.54, 1.807) is 25.1 Å². The predicted molar refractivity (Wildman–Crippen MR) is 74.9 cm³/mol. The molecule has 0 saturated carbocycles. The summed E-state index contributed by atoms with van der Waals surface area (Å²) in [5, 5.41) is 3.08. The van der Waals surface area contributed by atoms with E-state index in [1.165, 1.54) is 6.07 Å². The summed E-state index contributed by atoms with van der Waals surface area (Å²) in [5.74, 6) is -0.275. The molecular formula is C13H21FN2O2S. The van der Waals surface area contributed by atoms with Crippen LogP contribution in [0, 0.1) is 5.82 Å². The van der Waals surface area contributed by atoms with Crippen molar-refractivity contribution in [2.24, 2.45) is 0 Å². The number of sulfonamides is 1. The highest BCUT2D eigenvalue weighted by atomic mass is 32.2. The van der Waals surface area contributed by atoms with Crippen molar-refractivity contribution in [3.05, 3.63) is 35.6 Å². The quantitative estimate of drug-likeness (QED) is 0.767. The van der Waals surface area contributed by atoms with E-state index in [1.807, 2.05) is 6.92 Å². The van der Waals surface area contributed by atoms with Crippen molar-refractivity contribution in [3.63, 3.8) is 0 Å². The molecule has 0 aliphatic rings. The van der Waals surface area contributed by atoms with Crippen LogP contribution in [-0.2, 0) is 10.0 Å². The molecule has 0 heterocycles. The van der Waals surface area contributed by atoms with Gasteiger partial charge in [0.05, 0.1) is 5.75 Å². The first-order valence-electron chi connectivity index (χ1n) is 6.45. The second-order valence-corrected chi connectivity index (χ2v) is 6.18. The molecule has 0 radical (unpaired) electrons. The third-order valence-electron chi connectivity index (χ3n) is 2.81. The van der Waals surface area contributed by atoms with Gasteiger partial charge in [-0.3, -0.25) is 0 Å². The van der Waals surface area contributed by atoms with Crippen molar-refractivity contribution < 1.29 is 12.8 Å². The fraction of sp³-hybridized carbons (Fsp3) is 0.538. The van der Waals surface area contributed by atoms with E-state index in [0.29, 0.717) is 25.1 Å². The van der Waals surface area contributed by atoms with Crippen LogP contribution in [0.5, 0.6) is 0 Å². The van der Waals surface area contributed by atoms with Gasteiger partial charge in [-0.15, -0.1) is 0 Å². The Hall–Kier alpha value is -0.980. The lowest BCUT2D eigenvalue weighted by atomic mass is 10.0. The Labute approximate surface area is 114 Å². The lowest BCUT2D eigenvalue weighted by molar-refractivity contribution is 0.498. The number of hydrogen-bond donors (Lipinski definition) is 2. The Morgan fingerprint density at radius 2 is 1.95 bits per heavy atom. The zero-order valence-electron chi connectivity index (χ0n) is 11.3. The highest BCUT2D eigenvalue weighted by molar-refractivity contribution is 7.89. The van der Waals surface area contributed by atoms with Gasteiger partial charge in [-0.2, -0.15) is 0 Å². The van der Waals surface area contributed by atoms with E-state index in [-0.39, 0.29) is 17.6 Å². The van der Waals surface area contributed by atoms with Crippen LogP contribution in [0.25, 0.3) is 0 Å². The Morgan fingerprint density at radius 3 is 2.53 bits per heavy atom. The largest absolute Gasteiger partial charge is 0.309 e. The SMILES string of the molecule is CCNS(=O)(=O)CCNC(CC)c1ccccc1F. The molecule has 0 aliphatic heterocycles. The van der Waals surface area contributed by atoms with E-state index in [0.717, 1.165) is 0 Å². The molecule has 108 valence electrons. The van der Waals surface area contributed by atoms with Gasteiger partial charge in [0, 0.05) is 24.7 Å². The van der Waals surface area contributed by atoms with E-state index in [9.17, 15) is 12.8 Å². The van der Waals surface area contributed by atoms with Crippen LogP contribution in [0.3, 0.4) is 0 Å². The van der Waals surface area contributed by atoms with Crippen LogP contribution in [0.15, 0.2) is 24.3 Å². The van der Waals surface area contributed by atoms with Crippen molar-refractivity contribution in [1.82, 2.24) is 10.0 Å². The minimum Gasteiger partial charge on any atom is -0.309 e. The first kappa shape index (κ1) is 16.1. The molecule has 1 aromatic carbocycles. The Bertz CT molecular complexity index is 491. The summed E-state index contributed by atoms with van der Waals surface area (Å²) < 4.78 is 39.0. The molecule has 0 spiro atoms. The molecule has 0 bridgehead atoms. The minimum atomic E-state index is -3.23. The Kier molecular flexibility index (Phi) is 6.41. The van der Waals surface area contributed by atoms with Gasteiger partial charge in [-0.1, -0.05) is 32.0 Å². The second kappa shape index (κ2) is 7.57. The van der Waals surface area contributed by atoms with Gasteiger partial charge in [0.2, 0.25) is 10.0 Å². The van der Waals surface area contributed by atoms with Crippen LogP contribution in [-0.4, -0.2) is 27.3 Å². The second-order valence-electron chi connectivity index (χ2n) is 4.25. The fourth-order valence-corrected chi connectivity index (χ4v) is 2.86. The van der Waals surface area contributed by atoms with Crippen LogP contribution in [0.4, 0.5) is 4.39 Å². The average Bonchev–Trinajstić information content (AvgIpc) is 2.36. The molecular weight excluding hydrogens is 267 g/mol. The fourth-order valence-electron chi connectivity index (χ4n) is 1.89. The lowest BCUT2D eigenvalue weighted by Gasteiger charge is -2.18. The summed E-state index contributed by atoms with van der Waals surface area (Å²) in [6.07, 6.45) is 0.697. The minimum absolute atomic E-state index is 0.00814. The van der Waals surface area contributed by atoms with E-state index >= 15 is 0 Å². The highest BCUT2D eigenvalue weighted by Gasteiger charge is 2.14. The highest BCUT2D eigenvalue weighted by Crippen LogP contribution is 2.19. The van der Waals surface area contributed by atoms with Crippen LogP contribution >= 0.6 is 0 Å². The standard InChI is InChI=1S/C13H21FN2O2S/c1-3-13(11-7-5-6-8-12(11)14)15-9-10-19(17,18)16-4-2/h5-8,13,15-16H,3-4,9-10H2,1-2H3. The summed E-state index contributed by atoms with van der Waals surface area (Å²) in [6.45, 7) is 4.34. The molecule has 0 aliphatic carbocycles. The predicted octanol–water partition coefficient (Wildman–Crippen LogP) is 1.81. The van der Waals surface area contributed by atoms with Gasteiger partial charge < -0.3 is 5.32 Å². The Morgan fingerprint density at radius 1 is 1.26 bits per heavy atom.